The maximum atomic E-state index is 13.4. The van der Waals surface area contributed by atoms with E-state index in [0.717, 1.165) is 5.56 Å². The van der Waals surface area contributed by atoms with Gasteiger partial charge in [0.15, 0.2) is 0 Å². The molecule has 1 unspecified atom stereocenters. The first-order chi connectivity index (χ1) is 16.5. The van der Waals surface area contributed by atoms with Gasteiger partial charge in [-0.15, -0.1) is 0 Å². The van der Waals surface area contributed by atoms with Gasteiger partial charge in [0.1, 0.15) is 17.3 Å². The summed E-state index contributed by atoms with van der Waals surface area (Å²) in [6.45, 7) is 6.11. The SMILES string of the molecule is COc1ccc(C(C)(C)C)cc1/C(O)=C1\C(=O)C(=O)N(c2ccc(Cl)cc2)C1c1ccc(O)cc1. The van der Waals surface area contributed by atoms with Crippen molar-refractivity contribution in [3.05, 3.63) is 94.0 Å². The van der Waals surface area contributed by atoms with E-state index in [2.05, 4.69) is 0 Å². The number of halogens is 1. The third-order valence-electron chi connectivity index (χ3n) is 6.08. The number of aliphatic hydroxyl groups is 1. The van der Waals surface area contributed by atoms with Crippen LogP contribution >= 0.6 is 11.6 Å². The van der Waals surface area contributed by atoms with E-state index >= 15 is 0 Å². The molecule has 2 N–H and O–H groups in total. The minimum atomic E-state index is -0.931. The number of aliphatic hydroxyl groups excluding tert-OH is 1. The average Bonchev–Trinajstić information content (AvgIpc) is 3.09. The van der Waals surface area contributed by atoms with Crippen LogP contribution in [0.2, 0.25) is 5.02 Å². The first-order valence-electron chi connectivity index (χ1n) is 11.1. The summed E-state index contributed by atoms with van der Waals surface area (Å²) in [4.78, 5) is 28.0. The Labute approximate surface area is 209 Å². The molecule has 3 aromatic rings. The topological polar surface area (TPSA) is 87.1 Å². The molecule has 0 radical (unpaired) electrons. The molecule has 1 heterocycles. The number of carbonyl (C=O) groups excluding carboxylic acids is 2. The van der Waals surface area contributed by atoms with E-state index in [4.69, 9.17) is 16.3 Å². The number of rotatable bonds is 4. The summed E-state index contributed by atoms with van der Waals surface area (Å²) in [5.74, 6) is -1.52. The Morgan fingerprint density at radius 2 is 1.60 bits per heavy atom. The lowest BCUT2D eigenvalue weighted by molar-refractivity contribution is -0.132. The van der Waals surface area contributed by atoms with Crippen LogP contribution in [0.4, 0.5) is 5.69 Å². The van der Waals surface area contributed by atoms with Crippen LogP contribution in [-0.2, 0) is 15.0 Å². The van der Waals surface area contributed by atoms with Crippen molar-refractivity contribution in [2.75, 3.05) is 12.0 Å². The highest BCUT2D eigenvalue weighted by Crippen LogP contribution is 2.44. The van der Waals surface area contributed by atoms with Crippen LogP contribution in [0.25, 0.3) is 5.76 Å². The van der Waals surface area contributed by atoms with E-state index in [-0.39, 0.29) is 22.5 Å². The molecule has 1 amide bonds. The van der Waals surface area contributed by atoms with E-state index in [0.29, 0.717) is 27.6 Å². The summed E-state index contributed by atoms with van der Waals surface area (Å²) in [6, 6.07) is 17.2. The quantitative estimate of drug-likeness (QED) is 0.266. The van der Waals surface area contributed by atoms with E-state index < -0.39 is 17.7 Å². The van der Waals surface area contributed by atoms with Crippen molar-refractivity contribution < 1.29 is 24.5 Å². The lowest BCUT2D eigenvalue weighted by Gasteiger charge is -2.26. The summed E-state index contributed by atoms with van der Waals surface area (Å²) >= 11 is 6.04. The molecule has 1 aliphatic heterocycles. The van der Waals surface area contributed by atoms with Crippen molar-refractivity contribution in [3.8, 4) is 11.5 Å². The summed E-state index contributed by atoms with van der Waals surface area (Å²) in [6.07, 6.45) is 0. The van der Waals surface area contributed by atoms with Gasteiger partial charge in [-0.3, -0.25) is 14.5 Å². The smallest absolute Gasteiger partial charge is 0.300 e. The first kappa shape index (κ1) is 24.4. The van der Waals surface area contributed by atoms with E-state index in [1.807, 2.05) is 26.8 Å². The van der Waals surface area contributed by atoms with Gasteiger partial charge in [0.2, 0.25) is 0 Å². The Bertz CT molecular complexity index is 1320. The van der Waals surface area contributed by atoms with Crippen molar-refractivity contribution in [1.82, 2.24) is 0 Å². The number of ether oxygens (including phenoxy) is 1. The highest BCUT2D eigenvalue weighted by Gasteiger charge is 2.47. The number of hydrogen-bond donors (Lipinski definition) is 2. The number of aromatic hydroxyl groups is 1. The highest BCUT2D eigenvalue weighted by molar-refractivity contribution is 6.51. The lowest BCUT2D eigenvalue weighted by atomic mass is 9.85. The zero-order valence-electron chi connectivity index (χ0n) is 19.9. The minimum absolute atomic E-state index is 0.0387. The van der Waals surface area contributed by atoms with Crippen LogP contribution in [0.1, 0.15) is 43.5 Å². The third-order valence-corrected chi connectivity index (χ3v) is 6.33. The number of Topliss-reactive ketones (excluding diaryl/α,β-unsaturated/α-hetero) is 1. The molecule has 3 aromatic carbocycles. The first-order valence-corrected chi connectivity index (χ1v) is 11.4. The fourth-order valence-corrected chi connectivity index (χ4v) is 4.30. The van der Waals surface area contributed by atoms with Crippen molar-refractivity contribution in [2.45, 2.75) is 32.2 Å². The number of phenolic OH excluding ortho intramolecular Hbond substituents is 1. The molecule has 1 atom stereocenters. The molecule has 1 saturated heterocycles. The fourth-order valence-electron chi connectivity index (χ4n) is 4.18. The summed E-state index contributed by atoms with van der Waals surface area (Å²) < 4.78 is 5.49. The van der Waals surface area contributed by atoms with Crippen LogP contribution in [-0.4, -0.2) is 29.0 Å². The van der Waals surface area contributed by atoms with Gasteiger partial charge in [-0.05, 0) is 65.1 Å². The second-order valence-corrected chi connectivity index (χ2v) is 9.84. The Kier molecular flexibility index (Phi) is 6.34. The minimum Gasteiger partial charge on any atom is -0.508 e. The van der Waals surface area contributed by atoms with Crippen molar-refractivity contribution in [3.63, 3.8) is 0 Å². The predicted molar refractivity (Wildman–Crippen MR) is 136 cm³/mol. The number of carbonyl (C=O) groups is 2. The Morgan fingerprint density at radius 3 is 2.17 bits per heavy atom. The lowest BCUT2D eigenvalue weighted by Crippen LogP contribution is -2.29. The number of anilines is 1. The van der Waals surface area contributed by atoms with Crippen molar-refractivity contribution in [2.24, 2.45) is 0 Å². The zero-order chi connectivity index (χ0) is 25.5. The number of ketones is 1. The zero-order valence-corrected chi connectivity index (χ0v) is 20.6. The summed E-state index contributed by atoms with van der Waals surface area (Å²) in [5.41, 5.74) is 1.94. The monoisotopic (exact) mass is 491 g/mol. The maximum Gasteiger partial charge on any atom is 0.300 e. The standard InChI is InChI=1S/C28H26ClNO5/c1-28(2,3)17-7-14-22(35-4)21(15-17)25(32)23-24(16-5-12-20(31)13-6-16)30(27(34)26(23)33)19-10-8-18(29)9-11-19/h5-15,24,31-32H,1-4H3/b25-23+. The van der Waals surface area contributed by atoms with Crippen LogP contribution in [0.3, 0.4) is 0 Å². The third kappa shape index (κ3) is 4.49. The van der Waals surface area contributed by atoms with Gasteiger partial charge in [-0.2, -0.15) is 0 Å². The van der Waals surface area contributed by atoms with Crippen molar-refractivity contribution >= 4 is 34.7 Å². The normalized spacial score (nSPS) is 17.6. The van der Waals surface area contributed by atoms with Gasteiger partial charge in [0, 0.05) is 10.7 Å². The maximum absolute atomic E-state index is 13.4. The van der Waals surface area contributed by atoms with Crippen LogP contribution in [0, 0.1) is 0 Å². The molecule has 4 rings (SSSR count). The molecule has 6 nitrogen and oxygen atoms in total. The average molecular weight is 492 g/mol. The van der Waals surface area contributed by atoms with Crippen molar-refractivity contribution in [1.29, 1.82) is 0 Å². The second kappa shape index (κ2) is 9.12. The molecule has 0 aliphatic carbocycles. The van der Waals surface area contributed by atoms with Gasteiger partial charge in [0.25, 0.3) is 11.7 Å². The van der Waals surface area contributed by atoms with Gasteiger partial charge in [-0.1, -0.05) is 50.6 Å². The molecule has 180 valence electrons. The van der Waals surface area contributed by atoms with E-state index in [1.54, 1.807) is 48.5 Å². The largest absolute Gasteiger partial charge is 0.508 e. The summed E-state index contributed by atoms with van der Waals surface area (Å²) in [5, 5.41) is 21.8. The summed E-state index contributed by atoms with van der Waals surface area (Å²) in [7, 11) is 1.48. The molecule has 35 heavy (non-hydrogen) atoms. The Morgan fingerprint density at radius 1 is 0.971 bits per heavy atom. The van der Waals surface area contributed by atoms with Crippen LogP contribution < -0.4 is 9.64 Å². The van der Waals surface area contributed by atoms with Gasteiger partial charge < -0.3 is 14.9 Å². The molecular weight excluding hydrogens is 466 g/mol. The van der Waals surface area contributed by atoms with E-state index in [9.17, 15) is 19.8 Å². The molecular formula is C28H26ClNO5. The molecule has 7 heteroatoms. The Hall–Kier alpha value is -3.77. The van der Waals surface area contributed by atoms with Gasteiger partial charge in [-0.25, -0.2) is 0 Å². The number of hydrogen-bond acceptors (Lipinski definition) is 5. The number of benzene rings is 3. The van der Waals surface area contributed by atoms with Crippen LogP contribution in [0.5, 0.6) is 11.5 Å². The Balaban J connectivity index is 1.99. The molecule has 1 aliphatic rings. The van der Waals surface area contributed by atoms with Crippen LogP contribution in [0.15, 0.2) is 72.3 Å². The number of amides is 1. The molecule has 1 fully saturated rings. The number of phenols is 1. The van der Waals surface area contributed by atoms with Gasteiger partial charge in [0.05, 0.1) is 24.3 Å². The number of nitrogens with zero attached hydrogens (tertiary/aromatic N) is 1. The molecule has 0 aromatic heterocycles. The van der Waals surface area contributed by atoms with Gasteiger partial charge >= 0.3 is 0 Å². The highest BCUT2D eigenvalue weighted by atomic mass is 35.5. The fraction of sp³-hybridized carbons (Fsp3) is 0.214. The molecule has 0 bridgehead atoms. The molecule has 0 spiro atoms. The second-order valence-electron chi connectivity index (χ2n) is 9.40. The number of methoxy groups -OCH3 is 1. The molecule has 0 saturated carbocycles. The predicted octanol–water partition coefficient (Wildman–Crippen LogP) is 5.98. The van der Waals surface area contributed by atoms with E-state index in [1.165, 1.54) is 24.1 Å².